The smallest absolute Gasteiger partial charge is 0.165 e. The fourth-order valence-corrected chi connectivity index (χ4v) is 4.39. The van der Waals surface area contributed by atoms with Gasteiger partial charge in [-0.25, -0.2) is 4.98 Å². The van der Waals surface area contributed by atoms with Crippen LogP contribution >= 0.6 is 0 Å². The minimum atomic E-state index is -0.0670. The fourth-order valence-electron chi connectivity index (χ4n) is 4.39. The zero-order valence-corrected chi connectivity index (χ0v) is 14.5. The number of pyridine rings is 1. The van der Waals surface area contributed by atoms with Gasteiger partial charge in [0.25, 0.3) is 0 Å². The van der Waals surface area contributed by atoms with Crippen molar-refractivity contribution in [1.29, 1.82) is 0 Å². The Morgan fingerprint density at radius 3 is 2.69 bits per heavy atom. The lowest BCUT2D eigenvalue weighted by Crippen LogP contribution is -2.37. The summed E-state index contributed by atoms with van der Waals surface area (Å²) in [5.74, 6) is 1.06. The summed E-state index contributed by atoms with van der Waals surface area (Å²) in [6.07, 6.45) is 8.30. The lowest BCUT2D eigenvalue weighted by Gasteiger charge is -2.28. The first-order valence-electron chi connectivity index (χ1n) is 9.17. The largest absolute Gasteiger partial charge is 0.390 e. The predicted octanol–water partition coefficient (Wildman–Crippen LogP) is 1.86. The number of nitrogens with one attached hydrogen (secondary N) is 1. The molecule has 0 spiro atoms. The summed E-state index contributed by atoms with van der Waals surface area (Å²) in [5, 5.41) is 17.3. The van der Waals surface area contributed by atoms with E-state index in [0.29, 0.717) is 29.5 Å². The molecule has 2 aliphatic heterocycles. The second-order valence-corrected chi connectivity index (χ2v) is 7.40. The molecular formula is C19H22N6O. The minimum Gasteiger partial charge on any atom is -0.390 e. The molecule has 2 bridgehead atoms. The van der Waals surface area contributed by atoms with Crippen molar-refractivity contribution in [2.45, 2.75) is 50.3 Å². The Kier molecular flexibility index (Phi) is 3.65. The second-order valence-electron chi connectivity index (χ2n) is 7.40. The van der Waals surface area contributed by atoms with E-state index in [0.717, 1.165) is 35.3 Å². The third-order valence-corrected chi connectivity index (χ3v) is 5.71. The molecule has 2 aliphatic rings. The van der Waals surface area contributed by atoms with E-state index in [1.165, 1.54) is 12.8 Å². The van der Waals surface area contributed by atoms with Crippen molar-refractivity contribution in [2.24, 2.45) is 0 Å². The minimum absolute atomic E-state index is 0.0670. The van der Waals surface area contributed by atoms with Crippen molar-refractivity contribution in [2.75, 3.05) is 5.73 Å². The molecule has 0 aromatic carbocycles. The number of fused-ring (bicyclic) bond motifs is 3. The van der Waals surface area contributed by atoms with Crippen LogP contribution < -0.4 is 11.1 Å². The van der Waals surface area contributed by atoms with Gasteiger partial charge in [0.15, 0.2) is 5.65 Å². The van der Waals surface area contributed by atoms with Gasteiger partial charge in [-0.3, -0.25) is 4.98 Å². The summed E-state index contributed by atoms with van der Waals surface area (Å²) in [6, 6.07) is 6.95. The Bertz CT molecular complexity index is 939. The molecule has 4 N–H and O–H groups in total. The molecule has 5 rings (SSSR count). The molecule has 0 aliphatic carbocycles. The lowest BCUT2D eigenvalue weighted by atomic mass is 9.89. The number of nitrogens with two attached hydrogens (primary N) is 1. The zero-order valence-electron chi connectivity index (χ0n) is 14.5. The molecule has 0 radical (unpaired) electrons. The molecule has 26 heavy (non-hydrogen) atoms. The standard InChI is InChI=1S/C19H22N6O/c20-18-7-17(12-5-13-3-4-14(6-12)23-13)24-19-16(9-22-25(18)19)11-1-2-15(10-26)21-8-11/h1-2,7-9,12-14,23,26H,3-6,10,20H2/t12?,13-,14+. The van der Waals surface area contributed by atoms with Crippen LogP contribution in [0.4, 0.5) is 5.82 Å². The van der Waals surface area contributed by atoms with Gasteiger partial charge < -0.3 is 16.2 Å². The predicted molar refractivity (Wildman–Crippen MR) is 98.5 cm³/mol. The van der Waals surface area contributed by atoms with Crippen molar-refractivity contribution >= 4 is 11.5 Å². The first-order valence-corrected chi connectivity index (χ1v) is 9.17. The molecule has 1 unspecified atom stereocenters. The van der Waals surface area contributed by atoms with Crippen LogP contribution in [0, 0.1) is 0 Å². The van der Waals surface area contributed by atoms with Gasteiger partial charge >= 0.3 is 0 Å². The second kappa shape index (κ2) is 6.03. The number of rotatable bonds is 3. The Hall–Kier alpha value is -2.51. The van der Waals surface area contributed by atoms with Crippen LogP contribution in [0.5, 0.6) is 0 Å². The Balaban J connectivity index is 1.57. The number of hydrogen-bond donors (Lipinski definition) is 3. The van der Waals surface area contributed by atoms with E-state index in [2.05, 4.69) is 15.4 Å². The average Bonchev–Trinajstić information content (AvgIpc) is 3.25. The highest BCUT2D eigenvalue weighted by atomic mass is 16.3. The molecule has 5 heterocycles. The van der Waals surface area contributed by atoms with Crippen LogP contribution in [-0.2, 0) is 6.61 Å². The van der Waals surface area contributed by atoms with E-state index in [4.69, 9.17) is 10.7 Å². The molecule has 3 aromatic rings. The summed E-state index contributed by atoms with van der Waals surface area (Å²) in [4.78, 5) is 9.22. The third kappa shape index (κ3) is 2.55. The van der Waals surface area contributed by atoms with E-state index in [1.807, 2.05) is 18.2 Å². The summed E-state index contributed by atoms with van der Waals surface area (Å²) < 4.78 is 1.69. The number of hydrogen-bond acceptors (Lipinski definition) is 6. The molecular weight excluding hydrogens is 328 g/mol. The summed E-state index contributed by atoms with van der Waals surface area (Å²) in [6.45, 7) is -0.0670. The molecule has 7 nitrogen and oxygen atoms in total. The van der Waals surface area contributed by atoms with Gasteiger partial charge in [0.2, 0.25) is 0 Å². The van der Waals surface area contributed by atoms with Crippen molar-refractivity contribution < 1.29 is 5.11 Å². The first kappa shape index (κ1) is 15.7. The number of anilines is 1. The van der Waals surface area contributed by atoms with Crippen LogP contribution in [-0.4, -0.2) is 36.8 Å². The van der Waals surface area contributed by atoms with Crippen LogP contribution in [0.2, 0.25) is 0 Å². The average molecular weight is 350 g/mol. The van der Waals surface area contributed by atoms with Crippen LogP contribution in [0.15, 0.2) is 30.6 Å². The number of aromatic nitrogens is 4. The maximum atomic E-state index is 9.18. The van der Waals surface area contributed by atoms with Crippen molar-refractivity contribution in [3.05, 3.63) is 42.0 Å². The van der Waals surface area contributed by atoms with Crippen molar-refractivity contribution in [1.82, 2.24) is 24.9 Å². The van der Waals surface area contributed by atoms with Gasteiger partial charge in [0.05, 0.1) is 18.5 Å². The Labute approximate surface area is 151 Å². The van der Waals surface area contributed by atoms with Gasteiger partial charge in [-0.1, -0.05) is 6.07 Å². The van der Waals surface area contributed by atoms with Crippen molar-refractivity contribution in [3.63, 3.8) is 0 Å². The fraction of sp³-hybridized carbons (Fsp3) is 0.421. The van der Waals surface area contributed by atoms with E-state index in [1.54, 1.807) is 16.9 Å². The summed E-state index contributed by atoms with van der Waals surface area (Å²) >= 11 is 0. The molecule has 2 saturated heterocycles. The van der Waals surface area contributed by atoms with Crippen LogP contribution in [0.25, 0.3) is 16.8 Å². The lowest BCUT2D eigenvalue weighted by molar-refractivity contribution is 0.277. The van der Waals surface area contributed by atoms with Gasteiger partial charge in [0, 0.05) is 47.1 Å². The topological polar surface area (TPSA) is 101 Å². The number of piperidine rings is 1. The quantitative estimate of drug-likeness (QED) is 0.666. The normalized spacial score (nSPS) is 25.0. The SMILES string of the molecule is Nc1cc(C2C[C@H]3CC[C@@H](C2)N3)nc2c(-c3ccc(CO)nc3)cnn12. The maximum absolute atomic E-state index is 9.18. The molecule has 134 valence electrons. The van der Waals surface area contributed by atoms with Crippen LogP contribution in [0.3, 0.4) is 0 Å². The highest BCUT2D eigenvalue weighted by molar-refractivity contribution is 5.77. The molecule has 0 amide bonds. The van der Waals surface area contributed by atoms with E-state index in [-0.39, 0.29) is 6.61 Å². The Morgan fingerprint density at radius 1 is 1.19 bits per heavy atom. The maximum Gasteiger partial charge on any atom is 0.165 e. The highest BCUT2D eigenvalue weighted by Gasteiger charge is 2.35. The van der Waals surface area contributed by atoms with Crippen molar-refractivity contribution in [3.8, 4) is 11.1 Å². The number of aliphatic hydroxyl groups excluding tert-OH is 1. The van der Waals surface area contributed by atoms with E-state index in [9.17, 15) is 5.11 Å². The molecule has 2 fully saturated rings. The zero-order chi connectivity index (χ0) is 17.7. The van der Waals surface area contributed by atoms with E-state index < -0.39 is 0 Å². The van der Waals surface area contributed by atoms with Crippen LogP contribution in [0.1, 0.15) is 43.0 Å². The number of aliphatic hydroxyl groups is 1. The van der Waals surface area contributed by atoms with Gasteiger partial charge in [0.1, 0.15) is 5.82 Å². The molecule has 3 aromatic heterocycles. The van der Waals surface area contributed by atoms with E-state index >= 15 is 0 Å². The van der Waals surface area contributed by atoms with Gasteiger partial charge in [-0.2, -0.15) is 9.61 Å². The number of nitrogen functional groups attached to an aromatic ring is 1. The molecule has 7 heteroatoms. The summed E-state index contributed by atoms with van der Waals surface area (Å²) in [5.41, 5.74) is 10.6. The summed E-state index contributed by atoms with van der Waals surface area (Å²) in [7, 11) is 0. The third-order valence-electron chi connectivity index (χ3n) is 5.71. The van der Waals surface area contributed by atoms with Gasteiger partial charge in [-0.05, 0) is 31.7 Å². The highest BCUT2D eigenvalue weighted by Crippen LogP contribution is 2.37. The molecule has 3 atom stereocenters. The monoisotopic (exact) mass is 350 g/mol. The van der Waals surface area contributed by atoms with Gasteiger partial charge in [-0.15, -0.1) is 0 Å². The number of nitrogens with zero attached hydrogens (tertiary/aromatic N) is 4. The molecule has 0 saturated carbocycles. The Morgan fingerprint density at radius 2 is 2.00 bits per heavy atom. The first-order chi connectivity index (χ1) is 12.7.